The highest BCUT2D eigenvalue weighted by molar-refractivity contribution is 5.84. The van der Waals surface area contributed by atoms with Gasteiger partial charge in [0.05, 0.1) is 5.54 Å². The molecule has 1 fully saturated rings. The van der Waals surface area contributed by atoms with Crippen LogP contribution in [-0.2, 0) is 4.79 Å². The van der Waals surface area contributed by atoms with Gasteiger partial charge in [0.15, 0.2) is 0 Å². The van der Waals surface area contributed by atoms with Crippen LogP contribution in [0.4, 0.5) is 0 Å². The summed E-state index contributed by atoms with van der Waals surface area (Å²) in [6.07, 6.45) is 5.92. The van der Waals surface area contributed by atoms with E-state index in [4.69, 9.17) is 5.73 Å². The van der Waals surface area contributed by atoms with Gasteiger partial charge in [-0.05, 0) is 52.1 Å². The minimum atomic E-state index is -0.566. The highest BCUT2D eigenvalue weighted by Gasteiger charge is 2.30. The molecule has 3 N–H and O–H groups in total. The van der Waals surface area contributed by atoms with Gasteiger partial charge in [-0.2, -0.15) is 0 Å². The van der Waals surface area contributed by atoms with Crippen LogP contribution in [0.1, 0.15) is 46.0 Å². The third-order valence-corrected chi connectivity index (χ3v) is 4.10. The number of nitrogens with one attached hydrogen (secondary N) is 1. The van der Waals surface area contributed by atoms with Gasteiger partial charge >= 0.3 is 0 Å². The molecule has 1 amide bonds. The number of hydrogen-bond donors (Lipinski definition) is 2. The maximum atomic E-state index is 11.6. The molecule has 1 aliphatic rings. The minimum absolute atomic E-state index is 0.243. The Morgan fingerprint density at radius 1 is 1.50 bits per heavy atom. The fraction of sp³-hybridized carbons (Fsp3) is 0.929. The fourth-order valence-electron chi connectivity index (χ4n) is 2.32. The first-order valence-corrected chi connectivity index (χ1v) is 7.21. The van der Waals surface area contributed by atoms with E-state index in [2.05, 4.69) is 24.2 Å². The average molecular weight is 255 g/mol. The Kier molecular flexibility index (Phi) is 6.09. The van der Waals surface area contributed by atoms with Crippen molar-refractivity contribution in [1.29, 1.82) is 0 Å². The zero-order valence-corrected chi connectivity index (χ0v) is 12.2. The van der Waals surface area contributed by atoms with Crippen LogP contribution in [-0.4, -0.2) is 43.0 Å². The topological polar surface area (TPSA) is 58.4 Å². The zero-order chi connectivity index (χ0) is 13.6. The molecule has 0 aromatic heterocycles. The van der Waals surface area contributed by atoms with Gasteiger partial charge in [-0.3, -0.25) is 4.79 Å². The number of nitrogens with zero attached hydrogens (tertiary/aromatic N) is 1. The molecular weight excluding hydrogens is 226 g/mol. The van der Waals surface area contributed by atoms with E-state index in [9.17, 15) is 4.79 Å². The Morgan fingerprint density at radius 2 is 2.17 bits per heavy atom. The molecule has 0 aromatic rings. The van der Waals surface area contributed by atoms with Crippen LogP contribution in [0, 0.1) is 5.92 Å². The van der Waals surface area contributed by atoms with Crippen LogP contribution in [0.3, 0.4) is 0 Å². The lowest BCUT2D eigenvalue weighted by atomic mass is 9.85. The molecule has 1 atom stereocenters. The standard InChI is InChI=1S/C14H29N3O/c1-4-9-16-14(2,13(15)18)8-10-17(3)11-12-6-5-7-12/h12,16H,4-11H2,1-3H3,(H2,15,18). The van der Waals surface area contributed by atoms with Crippen molar-refractivity contribution >= 4 is 5.91 Å². The highest BCUT2D eigenvalue weighted by Crippen LogP contribution is 2.26. The number of hydrogen-bond acceptors (Lipinski definition) is 3. The third kappa shape index (κ3) is 4.58. The first-order chi connectivity index (χ1) is 8.48. The molecule has 0 aromatic carbocycles. The molecule has 0 saturated heterocycles. The van der Waals surface area contributed by atoms with Crippen molar-refractivity contribution in [1.82, 2.24) is 10.2 Å². The number of nitrogens with two attached hydrogens (primary N) is 1. The Morgan fingerprint density at radius 3 is 2.61 bits per heavy atom. The molecular formula is C14H29N3O. The lowest BCUT2D eigenvalue weighted by Gasteiger charge is -2.33. The zero-order valence-electron chi connectivity index (χ0n) is 12.2. The van der Waals surface area contributed by atoms with E-state index in [1.54, 1.807) is 0 Å². The maximum Gasteiger partial charge on any atom is 0.237 e. The molecule has 1 aliphatic carbocycles. The van der Waals surface area contributed by atoms with Gasteiger partial charge in [-0.15, -0.1) is 0 Å². The van der Waals surface area contributed by atoms with Crippen molar-refractivity contribution in [3.8, 4) is 0 Å². The summed E-state index contributed by atoms with van der Waals surface area (Å²) in [6.45, 7) is 6.93. The Bertz CT molecular complexity index is 266. The minimum Gasteiger partial charge on any atom is -0.368 e. The third-order valence-electron chi connectivity index (χ3n) is 4.10. The largest absolute Gasteiger partial charge is 0.368 e. The van der Waals surface area contributed by atoms with Crippen LogP contribution < -0.4 is 11.1 Å². The molecule has 0 heterocycles. The molecule has 0 radical (unpaired) electrons. The Hall–Kier alpha value is -0.610. The second kappa shape index (κ2) is 7.10. The first-order valence-electron chi connectivity index (χ1n) is 7.21. The first kappa shape index (κ1) is 15.4. The summed E-state index contributed by atoms with van der Waals surface area (Å²) >= 11 is 0. The van der Waals surface area contributed by atoms with Crippen LogP contribution in [0.2, 0.25) is 0 Å². The molecule has 1 unspecified atom stereocenters. The Labute approximate surface area is 111 Å². The van der Waals surface area contributed by atoms with Crippen LogP contribution in [0.25, 0.3) is 0 Å². The summed E-state index contributed by atoms with van der Waals surface area (Å²) in [6, 6.07) is 0. The molecule has 1 saturated carbocycles. The van der Waals surface area contributed by atoms with E-state index in [0.717, 1.165) is 38.4 Å². The van der Waals surface area contributed by atoms with E-state index in [-0.39, 0.29) is 5.91 Å². The lowest BCUT2D eigenvalue weighted by Crippen LogP contribution is -2.54. The molecule has 4 nitrogen and oxygen atoms in total. The molecule has 18 heavy (non-hydrogen) atoms. The summed E-state index contributed by atoms with van der Waals surface area (Å²) in [7, 11) is 2.14. The van der Waals surface area contributed by atoms with Gasteiger partial charge in [-0.25, -0.2) is 0 Å². The Balaban J connectivity index is 2.33. The molecule has 0 bridgehead atoms. The fourth-order valence-corrected chi connectivity index (χ4v) is 2.32. The summed E-state index contributed by atoms with van der Waals surface area (Å²) in [4.78, 5) is 13.9. The number of amides is 1. The van der Waals surface area contributed by atoms with Crippen LogP contribution in [0.5, 0.6) is 0 Å². The van der Waals surface area contributed by atoms with E-state index in [1.165, 1.54) is 19.3 Å². The summed E-state index contributed by atoms with van der Waals surface area (Å²) < 4.78 is 0. The van der Waals surface area contributed by atoms with Crippen molar-refractivity contribution in [2.45, 2.75) is 51.5 Å². The normalized spacial score (nSPS) is 19.6. The smallest absolute Gasteiger partial charge is 0.237 e. The quantitative estimate of drug-likeness (QED) is 0.654. The summed E-state index contributed by atoms with van der Waals surface area (Å²) in [5, 5.41) is 3.28. The van der Waals surface area contributed by atoms with E-state index in [0.29, 0.717) is 0 Å². The van der Waals surface area contributed by atoms with Gasteiger partial charge in [0.1, 0.15) is 0 Å². The molecule has 106 valence electrons. The van der Waals surface area contributed by atoms with Crippen LogP contribution in [0.15, 0.2) is 0 Å². The highest BCUT2D eigenvalue weighted by atomic mass is 16.1. The maximum absolute atomic E-state index is 11.6. The summed E-state index contributed by atoms with van der Waals surface area (Å²) in [5.74, 6) is 0.631. The predicted octanol–water partition coefficient (Wildman–Crippen LogP) is 1.35. The van der Waals surface area contributed by atoms with E-state index in [1.807, 2.05) is 6.92 Å². The lowest BCUT2D eigenvalue weighted by molar-refractivity contribution is -0.124. The van der Waals surface area contributed by atoms with Crippen molar-refractivity contribution < 1.29 is 4.79 Å². The molecule has 1 rings (SSSR count). The van der Waals surface area contributed by atoms with Gasteiger partial charge in [0.25, 0.3) is 0 Å². The van der Waals surface area contributed by atoms with Crippen molar-refractivity contribution in [3.63, 3.8) is 0 Å². The SMILES string of the molecule is CCCNC(C)(CCN(C)CC1CCC1)C(N)=O. The van der Waals surface area contributed by atoms with Crippen LogP contribution >= 0.6 is 0 Å². The second-order valence-corrected chi connectivity index (χ2v) is 5.93. The second-order valence-electron chi connectivity index (χ2n) is 5.93. The number of primary amides is 1. The molecule has 0 spiro atoms. The van der Waals surface area contributed by atoms with E-state index >= 15 is 0 Å². The van der Waals surface area contributed by atoms with Gasteiger partial charge < -0.3 is 16.0 Å². The van der Waals surface area contributed by atoms with Gasteiger partial charge in [0.2, 0.25) is 5.91 Å². The average Bonchev–Trinajstić information content (AvgIpc) is 2.28. The van der Waals surface area contributed by atoms with Crippen molar-refractivity contribution in [2.75, 3.05) is 26.7 Å². The number of carbonyl (C=O) groups excluding carboxylic acids is 1. The number of rotatable bonds is 9. The van der Waals surface area contributed by atoms with Crippen molar-refractivity contribution in [3.05, 3.63) is 0 Å². The van der Waals surface area contributed by atoms with Gasteiger partial charge in [-0.1, -0.05) is 13.3 Å². The van der Waals surface area contributed by atoms with E-state index < -0.39 is 5.54 Å². The monoisotopic (exact) mass is 255 g/mol. The number of carbonyl (C=O) groups is 1. The molecule has 4 heteroatoms. The van der Waals surface area contributed by atoms with Crippen molar-refractivity contribution in [2.24, 2.45) is 11.7 Å². The molecule has 0 aliphatic heterocycles. The van der Waals surface area contributed by atoms with Gasteiger partial charge in [0, 0.05) is 13.1 Å². The summed E-state index contributed by atoms with van der Waals surface area (Å²) in [5.41, 5.74) is 4.95. The predicted molar refractivity (Wildman–Crippen MR) is 75.3 cm³/mol.